The predicted molar refractivity (Wildman–Crippen MR) is 91.4 cm³/mol. The van der Waals surface area contributed by atoms with E-state index in [9.17, 15) is 0 Å². The van der Waals surface area contributed by atoms with Crippen molar-refractivity contribution in [2.45, 2.75) is 26.3 Å². The SMILES string of the molecule is CCCNC(C)c1c(OC)cccc1N(C)CCSC. The van der Waals surface area contributed by atoms with Gasteiger partial charge in [0.1, 0.15) is 5.75 Å². The number of hydrogen-bond acceptors (Lipinski definition) is 4. The topological polar surface area (TPSA) is 24.5 Å². The largest absolute Gasteiger partial charge is 0.496 e. The molecule has 4 heteroatoms. The number of rotatable bonds is 9. The summed E-state index contributed by atoms with van der Waals surface area (Å²) in [6, 6.07) is 6.59. The first-order chi connectivity index (χ1) is 9.65. The van der Waals surface area contributed by atoms with E-state index >= 15 is 0 Å². The molecule has 1 atom stereocenters. The Hall–Kier alpha value is -0.870. The number of hydrogen-bond donors (Lipinski definition) is 1. The molecule has 0 aliphatic carbocycles. The first kappa shape index (κ1) is 17.2. The summed E-state index contributed by atoms with van der Waals surface area (Å²) in [6.45, 7) is 6.46. The van der Waals surface area contributed by atoms with Crippen LogP contribution in [-0.4, -0.2) is 39.3 Å². The third kappa shape index (κ3) is 4.60. The zero-order valence-electron chi connectivity index (χ0n) is 13.4. The fourth-order valence-corrected chi connectivity index (χ4v) is 2.75. The van der Waals surface area contributed by atoms with Gasteiger partial charge in [-0.1, -0.05) is 13.0 Å². The lowest BCUT2D eigenvalue weighted by Gasteiger charge is -2.27. The Morgan fingerprint density at radius 3 is 2.75 bits per heavy atom. The highest BCUT2D eigenvalue weighted by Crippen LogP contribution is 2.34. The van der Waals surface area contributed by atoms with Crippen molar-refractivity contribution in [2.75, 3.05) is 44.2 Å². The van der Waals surface area contributed by atoms with Crippen LogP contribution in [0.5, 0.6) is 5.75 Å². The molecular weight excluding hydrogens is 268 g/mol. The van der Waals surface area contributed by atoms with Gasteiger partial charge in [0.25, 0.3) is 0 Å². The van der Waals surface area contributed by atoms with E-state index in [1.165, 1.54) is 11.3 Å². The zero-order valence-corrected chi connectivity index (χ0v) is 14.2. The summed E-state index contributed by atoms with van der Waals surface area (Å²) >= 11 is 1.87. The Morgan fingerprint density at radius 2 is 2.15 bits per heavy atom. The van der Waals surface area contributed by atoms with Crippen molar-refractivity contribution in [3.05, 3.63) is 23.8 Å². The Bertz CT molecular complexity index is 398. The minimum atomic E-state index is 0.290. The average molecular weight is 296 g/mol. The van der Waals surface area contributed by atoms with Gasteiger partial charge < -0.3 is 15.0 Å². The van der Waals surface area contributed by atoms with E-state index in [2.05, 4.69) is 49.5 Å². The monoisotopic (exact) mass is 296 g/mol. The molecule has 1 rings (SSSR count). The number of nitrogens with one attached hydrogen (secondary N) is 1. The van der Waals surface area contributed by atoms with Crippen molar-refractivity contribution < 1.29 is 4.74 Å². The van der Waals surface area contributed by atoms with Crippen LogP contribution in [0.4, 0.5) is 5.69 Å². The molecule has 1 unspecified atom stereocenters. The molecule has 0 spiro atoms. The number of ether oxygens (including phenoxy) is 1. The molecule has 0 amide bonds. The van der Waals surface area contributed by atoms with Crippen LogP contribution in [0.25, 0.3) is 0 Å². The smallest absolute Gasteiger partial charge is 0.125 e. The number of benzene rings is 1. The number of anilines is 1. The van der Waals surface area contributed by atoms with E-state index in [1.54, 1.807) is 7.11 Å². The van der Waals surface area contributed by atoms with Crippen LogP contribution in [0.1, 0.15) is 31.9 Å². The van der Waals surface area contributed by atoms with Crippen molar-refractivity contribution in [1.82, 2.24) is 5.32 Å². The Morgan fingerprint density at radius 1 is 1.40 bits per heavy atom. The summed E-state index contributed by atoms with van der Waals surface area (Å²) in [5.41, 5.74) is 2.52. The molecule has 0 heterocycles. The first-order valence-electron chi connectivity index (χ1n) is 7.26. The van der Waals surface area contributed by atoms with E-state index in [-0.39, 0.29) is 6.04 Å². The molecule has 1 aromatic rings. The van der Waals surface area contributed by atoms with Gasteiger partial charge in [0.2, 0.25) is 0 Å². The molecule has 20 heavy (non-hydrogen) atoms. The molecule has 0 aliphatic rings. The fraction of sp³-hybridized carbons (Fsp3) is 0.625. The molecule has 0 aliphatic heterocycles. The fourth-order valence-electron chi connectivity index (χ4n) is 2.29. The molecule has 0 radical (unpaired) electrons. The second kappa shape index (κ2) is 9.14. The standard InChI is InChI=1S/C16H28N2OS/c1-6-10-17-13(2)16-14(18(3)11-12-20-5)8-7-9-15(16)19-4/h7-9,13,17H,6,10-12H2,1-5H3. The maximum absolute atomic E-state index is 5.57. The quantitative estimate of drug-likeness (QED) is 0.753. The van der Waals surface area contributed by atoms with Crippen molar-refractivity contribution in [3.8, 4) is 5.75 Å². The zero-order chi connectivity index (χ0) is 15.0. The van der Waals surface area contributed by atoms with Crippen LogP contribution in [0, 0.1) is 0 Å². The van der Waals surface area contributed by atoms with Gasteiger partial charge >= 0.3 is 0 Å². The molecule has 3 nitrogen and oxygen atoms in total. The molecule has 0 saturated heterocycles. The molecule has 114 valence electrons. The van der Waals surface area contributed by atoms with Crippen LogP contribution in [0.2, 0.25) is 0 Å². The van der Waals surface area contributed by atoms with Crippen LogP contribution in [0.3, 0.4) is 0 Å². The van der Waals surface area contributed by atoms with Gasteiger partial charge in [0, 0.05) is 36.6 Å². The number of nitrogens with zero attached hydrogens (tertiary/aromatic N) is 1. The summed E-state index contributed by atoms with van der Waals surface area (Å²) in [4.78, 5) is 2.32. The van der Waals surface area contributed by atoms with Gasteiger partial charge in [-0.25, -0.2) is 0 Å². The lowest BCUT2D eigenvalue weighted by molar-refractivity contribution is 0.402. The normalized spacial score (nSPS) is 12.2. The third-order valence-electron chi connectivity index (χ3n) is 3.44. The van der Waals surface area contributed by atoms with Gasteiger partial charge in [-0.15, -0.1) is 0 Å². The average Bonchev–Trinajstić information content (AvgIpc) is 2.49. The van der Waals surface area contributed by atoms with Crippen LogP contribution in [-0.2, 0) is 0 Å². The van der Waals surface area contributed by atoms with E-state index in [0.29, 0.717) is 0 Å². The van der Waals surface area contributed by atoms with Crippen molar-refractivity contribution in [2.24, 2.45) is 0 Å². The van der Waals surface area contributed by atoms with Gasteiger partial charge in [0.05, 0.1) is 7.11 Å². The van der Waals surface area contributed by atoms with Gasteiger partial charge in [0.15, 0.2) is 0 Å². The van der Waals surface area contributed by atoms with Gasteiger partial charge in [-0.05, 0) is 38.3 Å². The van der Waals surface area contributed by atoms with Gasteiger partial charge in [-0.3, -0.25) is 0 Å². The number of methoxy groups -OCH3 is 1. The van der Waals surface area contributed by atoms with Crippen molar-refractivity contribution in [1.29, 1.82) is 0 Å². The van der Waals surface area contributed by atoms with E-state index < -0.39 is 0 Å². The lowest BCUT2D eigenvalue weighted by atomic mass is 10.0. The third-order valence-corrected chi connectivity index (χ3v) is 4.03. The van der Waals surface area contributed by atoms with E-state index in [0.717, 1.165) is 31.0 Å². The summed E-state index contributed by atoms with van der Waals surface area (Å²) in [7, 11) is 3.90. The van der Waals surface area contributed by atoms with Crippen LogP contribution in [0.15, 0.2) is 18.2 Å². The highest BCUT2D eigenvalue weighted by Gasteiger charge is 2.17. The molecular formula is C16H28N2OS. The van der Waals surface area contributed by atoms with Crippen molar-refractivity contribution >= 4 is 17.4 Å². The molecule has 1 aromatic carbocycles. The van der Waals surface area contributed by atoms with E-state index in [1.807, 2.05) is 17.8 Å². The molecule has 1 N–H and O–H groups in total. The lowest BCUT2D eigenvalue weighted by Crippen LogP contribution is -2.26. The summed E-state index contributed by atoms with van der Waals surface area (Å²) in [5.74, 6) is 2.10. The van der Waals surface area contributed by atoms with Gasteiger partial charge in [-0.2, -0.15) is 11.8 Å². The summed E-state index contributed by atoms with van der Waals surface area (Å²) < 4.78 is 5.57. The van der Waals surface area contributed by atoms with E-state index in [4.69, 9.17) is 4.74 Å². The predicted octanol–water partition coefficient (Wildman–Crippen LogP) is 3.56. The second-order valence-corrected chi connectivity index (χ2v) is 5.97. The Balaban J connectivity index is 3.03. The maximum atomic E-state index is 5.57. The minimum absolute atomic E-state index is 0.290. The Labute approximate surface area is 128 Å². The first-order valence-corrected chi connectivity index (χ1v) is 8.65. The molecule has 0 bridgehead atoms. The highest BCUT2D eigenvalue weighted by molar-refractivity contribution is 7.98. The summed E-state index contributed by atoms with van der Waals surface area (Å²) in [5, 5.41) is 3.56. The highest BCUT2D eigenvalue weighted by atomic mass is 32.2. The van der Waals surface area contributed by atoms with Crippen LogP contribution >= 0.6 is 11.8 Å². The number of thioether (sulfide) groups is 1. The summed E-state index contributed by atoms with van der Waals surface area (Å²) in [6.07, 6.45) is 3.28. The Kier molecular flexibility index (Phi) is 7.85. The molecule has 0 saturated carbocycles. The molecule has 0 aromatic heterocycles. The van der Waals surface area contributed by atoms with Crippen molar-refractivity contribution in [3.63, 3.8) is 0 Å². The minimum Gasteiger partial charge on any atom is -0.496 e. The second-order valence-electron chi connectivity index (χ2n) is 4.98. The maximum Gasteiger partial charge on any atom is 0.125 e. The molecule has 0 fully saturated rings. The van der Waals surface area contributed by atoms with Crippen LogP contribution < -0.4 is 15.0 Å².